The highest BCUT2D eigenvalue weighted by atomic mass is 15.2. The van der Waals surface area contributed by atoms with Gasteiger partial charge in [-0.05, 0) is 207 Å². The average Bonchev–Trinajstić information content (AvgIpc) is 3.30. The van der Waals surface area contributed by atoms with Gasteiger partial charge in [0.2, 0.25) is 0 Å². The molecular weight excluding hydrogens is 989 g/mol. The molecule has 18 rings (SSSR count). The van der Waals surface area contributed by atoms with Crippen LogP contribution in [0.4, 0.5) is 28.4 Å². The van der Waals surface area contributed by atoms with Gasteiger partial charge >= 0.3 is 0 Å². The van der Waals surface area contributed by atoms with Gasteiger partial charge in [-0.3, -0.25) is 0 Å². The topological polar surface area (TPSA) is 6.48 Å². The highest BCUT2D eigenvalue weighted by Gasteiger charge is 2.55. The lowest BCUT2D eigenvalue weighted by Crippen LogP contribution is -2.44. The molecule has 0 radical (unpaired) electrons. The summed E-state index contributed by atoms with van der Waals surface area (Å²) in [6, 6.07) is 83.0. The van der Waals surface area contributed by atoms with Crippen LogP contribution in [-0.4, -0.2) is 0 Å². The Morgan fingerprint density at radius 3 is 1.80 bits per heavy atom. The smallest absolute Gasteiger partial charge is 0.0727 e. The molecule has 9 aliphatic rings. The molecule has 2 heteroatoms. The maximum absolute atomic E-state index is 3.93. The normalized spacial score (nSPS) is 24.5. The van der Waals surface area contributed by atoms with E-state index in [4.69, 9.17) is 0 Å². The van der Waals surface area contributed by atoms with Crippen LogP contribution in [0.25, 0.3) is 44.5 Å². The quantitative estimate of drug-likeness (QED) is 0.159. The van der Waals surface area contributed by atoms with Crippen molar-refractivity contribution in [3.8, 4) is 45.2 Å². The van der Waals surface area contributed by atoms with Crippen LogP contribution in [0.5, 0.6) is 0 Å². The average molecular weight is 1050 g/mol. The molecule has 2 nitrogen and oxygen atoms in total. The summed E-state index contributed by atoms with van der Waals surface area (Å²) >= 11 is 0. The molecule has 0 amide bonds. The third kappa shape index (κ3) is 6.83. The van der Waals surface area contributed by atoms with Crippen LogP contribution in [0, 0.1) is 41.4 Å². The molecule has 7 atom stereocenters. The van der Waals surface area contributed by atoms with Crippen LogP contribution in [-0.2, 0) is 10.8 Å². The van der Waals surface area contributed by atoms with Crippen molar-refractivity contribution < 1.29 is 0 Å². The molecule has 0 N–H and O–H groups in total. The second kappa shape index (κ2) is 18.3. The van der Waals surface area contributed by atoms with E-state index in [0.29, 0.717) is 30.1 Å². The number of hydrogen-bond acceptors (Lipinski definition) is 2. The van der Waals surface area contributed by atoms with Crippen LogP contribution in [0.1, 0.15) is 97.7 Å². The van der Waals surface area contributed by atoms with Crippen LogP contribution >= 0.6 is 0 Å². The van der Waals surface area contributed by atoms with Crippen molar-refractivity contribution in [2.45, 2.75) is 69.6 Å². The van der Waals surface area contributed by atoms with Gasteiger partial charge in [0.05, 0.1) is 16.8 Å². The number of rotatable bonds is 5. The Balaban J connectivity index is 0.978. The van der Waals surface area contributed by atoms with E-state index in [0.717, 1.165) is 35.8 Å². The minimum atomic E-state index is -0.659. The number of para-hydroxylation sites is 3. The van der Waals surface area contributed by atoms with Crippen molar-refractivity contribution in [3.05, 3.63) is 292 Å². The highest BCUT2D eigenvalue weighted by molar-refractivity contribution is 6.02. The fraction of sp³-hybridized carbons (Fsp3) is 0.200. The van der Waals surface area contributed by atoms with E-state index in [1.54, 1.807) is 11.1 Å². The first-order valence-electron chi connectivity index (χ1n) is 30.3. The third-order valence-corrected chi connectivity index (χ3v) is 21.1. The Bertz CT molecular complexity index is 4280. The summed E-state index contributed by atoms with van der Waals surface area (Å²) < 4.78 is 0. The molecule has 7 aliphatic carbocycles. The van der Waals surface area contributed by atoms with Gasteiger partial charge in [0.1, 0.15) is 0 Å². The highest BCUT2D eigenvalue weighted by Crippen LogP contribution is 2.67. The van der Waals surface area contributed by atoms with E-state index < -0.39 is 5.41 Å². The molecule has 1 spiro atoms. The zero-order valence-electron chi connectivity index (χ0n) is 46.7. The van der Waals surface area contributed by atoms with Crippen molar-refractivity contribution in [1.82, 2.24) is 0 Å². The molecule has 2 fully saturated rings. The summed E-state index contributed by atoms with van der Waals surface area (Å²) in [5.74, 6) is 10.9. The molecule has 9 aromatic rings. The summed E-state index contributed by atoms with van der Waals surface area (Å²) in [6.07, 6.45) is 15.5. The van der Waals surface area contributed by atoms with Gasteiger partial charge in [0.15, 0.2) is 0 Å². The van der Waals surface area contributed by atoms with Gasteiger partial charge in [0, 0.05) is 51.3 Å². The molecule has 0 aromatic heterocycles. The fourth-order valence-electron chi connectivity index (χ4n) is 17.8. The van der Waals surface area contributed by atoms with Crippen molar-refractivity contribution in [3.63, 3.8) is 0 Å². The van der Waals surface area contributed by atoms with Crippen molar-refractivity contribution >= 4 is 39.6 Å². The first-order chi connectivity index (χ1) is 40.4. The fourth-order valence-corrected chi connectivity index (χ4v) is 17.8. The summed E-state index contributed by atoms with van der Waals surface area (Å²) in [4.78, 5) is 5.17. The van der Waals surface area contributed by atoms with E-state index in [-0.39, 0.29) is 5.41 Å². The van der Waals surface area contributed by atoms with E-state index >= 15 is 0 Å². The second-order valence-corrected chi connectivity index (χ2v) is 25.1. The first-order valence-corrected chi connectivity index (χ1v) is 30.3. The van der Waals surface area contributed by atoms with Crippen LogP contribution in [0.2, 0.25) is 0 Å². The summed E-state index contributed by atoms with van der Waals surface area (Å²) in [5, 5.41) is 0. The van der Waals surface area contributed by atoms with E-state index in [9.17, 15) is 0 Å². The molecule has 394 valence electrons. The van der Waals surface area contributed by atoms with Gasteiger partial charge < -0.3 is 9.80 Å². The molecule has 7 unspecified atom stereocenters. The molecular formula is C80H64N2. The summed E-state index contributed by atoms with van der Waals surface area (Å²) in [6.45, 7) is 5.21. The second-order valence-electron chi connectivity index (χ2n) is 25.1. The Morgan fingerprint density at radius 2 is 1.11 bits per heavy atom. The van der Waals surface area contributed by atoms with Crippen molar-refractivity contribution in [2.24, 2.45) is 29.6 Å². The van der Waals surface area contributed by atoms with Gasteiger partial charge in [-0.2, -0.15) is 0 Å². The molecule has 82 heavy (non-hydrogen) atoms. The SMILES string of the molecule is CC1CC2CC3CC(C2)C2(C)C4=C(C=C(CC4)N(c4ccccc4)c4cc5c(cc4C4=CC=C(C#CC4)C13)-c1ccccc1C51c3ccccc3-c3cc(-c4ccccc4)c(N(c4ccccc4)c4ccccc4)cc31)c1ccccc12. The zero-order chi connectivity index (χ0) is 54.3. The van der Waals surface area contributed by atoms with E-state index in [2.05, 4.69) is 272 Å². The largest absolute Gasteiger partial charge is 0.314 e. The minimum Gasteiger partial charge on any atom is -0.314 e. The maximum atomic E-state index is 3.93. The Hall–Kier alpha value is -8.90. The number of nitrogens with zero attached hydrogens (tertiary/aromatic N) is 2. The molecule has 0 saturated heterocycles. The number of anilines is 5. The predicted molar refractivity (Wildman–Crippen MR) is 340 cm³/mol. The number of benzene rings is 9. The van der Waals surface area contributed by atoms with Crippen molar-refractivity contribution in [2.75, 3.05) is 9.80 Å². The number of allylic oxidation sites excluding steroid dienone is 8. The monoisotopic (exact) mass is 1050 g/mol. The lowest BCUT2D eigenvalue weighted by Gasteiger charge is -2.52. The number of hydrogen-bond donors (Lipinski definition) is 0. The van der Waals surface area contributed by atoms with Crippen molar-refractivity contribution in [1.29, 1.82) is 0 Å². The summed E-state index contributed by atoms with van der Waals surface area (Å²) in [5.41, 5.74) is 29.3. The Labute approximate surface area is 483 Å². The van der Waals surface area contributed by atoms with Gasteiger partial charge in [-0.1, -0.05) is 201 Å². The predicted octanol–water partition coefficient (Wildman–Crippen LogP) is 20.1. The molecule has 2 aliphatic heterocycles. The molecule has 9 aromatic carbocycles. The molecule has 2 saturated carbocycles. The third-order valence-electron chi connectivity index (χ3n) is 21.1. The lowest BCUT2D eigenvalue weighted by molar-refractivity contribution is 0.0406. The molecule has 9 bridgehead atoms. The standard InChI is InChI=1S/C80H64N2/c1-51-42-52-43-56-45-57(44-52)79(2)70-35-18-15-32-62(70)67-46-61(40-41-71(67)79)82(60-30-13-6-14-31-60)77-50-75-69(48-66(77)54-24-21-25-55(39-38-54)78(51)56)64-34-17-20-37-73(64)80(75)72-36-19-16-33-63(72)68-47-65(53-22-7-3-8-23-53)76(49-74(68)80)81(58-26-9-4-10-27-58)59-28-11-5-12-29-59/h3-20,22-23,26-39,46-52,56-57,78H,24,40-45H2,1-2H3. The van der Waals surface area contributed by atoms with E-state index in [1.807, 2.05) is 0 Å². The van der Waals surface area contributed by atoms with E-state index in [1.165, 1.54) is 126 Å². The summed E-state index contributed by atoms with van der Waals surface area (Å²) in [7, 11) is 0. The van der Waals surface area contributed by atoms with Gasteiger partial charge in [-0.15, -0.1) is 0 Å². The number of fused-ring (bicyclic) bond motifs is 13. The Morgan fingerprint density at radius 1 is 0.512 bits per heavy atom. The Kier molecular flexibility index (Phi) is 10.7. The van der Waals surface area contributed by atoms with Gasteiger partial charge in [0.25, 0.3) is 0 Å². The molecule has 2 heterocycles. The zero-order valence-corrected chi connectivity index (χ0v) is 46.7. The lowest BCUT2D eigenvalue weighted by atomic mass is 9.52. The van der Waals surface area contributed by atoms with Gasteiger partial charge in [-0.25, -0.2) is 0 Å². The van der Waals surface area contributed by atoms with Crippen LogP contribution < -0.4 is 9.80 Å². The first kappa shape index (κ1) is 47.9. The minimum absolute atomic E-state index is 0.0167. The van der Waals surface area contributed by atoms with Crippen LogP contribution in [0.3, 0.4) is 0 Å². The van der Waals surface area contributed by atoms with Crippen LogP contribution in [0.15, 0.2) is 253 Å². The maximum Gasteiger partial charge on any atom is 0.0727 e.